The Morgan fingerprint density at radius 2 is 1.87 bits per heavy atom. The van der Waals surface area contributed by atoms with E-state index < -0.39 is 41.8 Å². The summed E-state index contributed by atoms with van der Waals surface area (Å²) in [5.74, 6) is -3.66. The molecule has 16 heteroatoms. The van der Waals surface area contributed by atoms with Crippen LogP contribution in [0.2, 0.25) is 0 Å². The summed E-state index contributed by atoms with van der Waals surface area (Å²) in [7, 11) is 1.17. The van der Waals surface area contributed by atoms with E-state index in [1.54, 1.807) is 0 Å². The highest BCUT2D eigenvalue weighted by Gasteiger charge is 2.32. The van der Waals surface area contributed by atoms with Crippen LogP contribution in [0.15, 0.2) is 33.6 Å². The number of halogens is 5. The van der Waals surface area contributed by atoms with Gasteiger partial charge in [-0.15, -0.1) is 11.3 Å². The quantitative estimate of drug-likeness (QED) is 0.362. The van der Waals surface area contributed by atoms with Crippen LogP contribution >= 0.6 is 11.3 Å². The first-order valence-electron chi connectivity index (χ1n) is 10.9. The maximum atomic E-state index is 13.6. The number of amides is 1. The highest BCUT2D eigenvalue weighted by atomic mass is 32.1. The van der Waals surface area contributed by atoms with Crippen molar-refractivity contribution in [1.29, 1.82) is 0 Å². The van der Waals surface area contributed by atoms with E-state index in [1.165, 1.54) is 38.5 Å². The van der Waals surface area contributed by atoms with E-state index >= 15 is 0 Å². The molecule has 4 aromatic rings. The number of carbonyl (C=O) groups is 1. The van der Waals surface area contributed by atoms with Crippen LogP contribution in [0, 0.1) is 6.92 Å². The average molecular weight is 558 g/mol. The number of rotatable bonds is 6. The second-order valence-corrected chi connectivity index (χ2v) is 9.51. The van der Waals surface area contributed by atoms with Crippen molar-refractivity contribution in [3.8, 4) is 10.6 Å². The van der Waals surface area contributed by atoms with Crippen molar-refractivity contribution in [1.82, 2.24) is 28.7 Å². The summed E-state index contributed by atoms with van der Waals surface area (Å²) in [6, 6.07) is 0.366. The van der Waals surface area contributed by atoms with Crippen LogP contribution in [0.25, 0.3) is 21.7 Å². The van der Waals surface area contributed by atoms with Crippen molar-refractivity contribution in [3.63, 3.8) is 0 Å². The molecule has 0 radical (unpaired) electrons. The van der Waals surface area contributed by atoms with Crippen molar-refractivity contribution in [2.45, 2.75) is 45.5 Å². The van der Waals surface area contributed by atoms with Gasteiger partial charge < -0.3 is 9.88 Å². The number of fused-ring (bicyclic) bond motifs is 1. The maximum absolute atomic E-state index is 13.6. The molecular weight excluding hydrogens is 537 g/mol. The highest BCUT2D eigenvalue weighted by molar-refractivity contribution is 7.13. The Balaban J connectivity index is 1.62. The molecule has 0 aliphatic heterocycles. The van der Waals surface area contributed by atoms with Crippen molar-refractivity contribution in [3.05, 3.63) is 56.1 Å². The minimum absolute atomic E-state index is 0.0353. The van der Waals surface area contributed by atoms with Gasteiger partial charge in [0.2, 0.25) is 5.91 Å². The zero-order chi connectivity index (χ0) is 28.2. The predicted octanol–water partition coefficient (Wildman–Crippen LogP) is 3.60. The molecule has 1 atom stereocenters. The van der Waals surface area contributed by atoms with E-state index in [2.05, 4.69) is 20.3 Å². The van der Waals surface area contributed by atoms with Gasteiger partial charge in [0.05, 0.1) is 6.33 Å². The number of nitrogens with zero attached hydrogens (tertiary/aromatic N) is 6. The van der Waals surface area contributed by atoms with Gasteiger partial charge in [0.15, 0.2) is 11.2 Å². The van der Waals surface area contributed by atoms with Gasteiger partial charge in [0.1, 0.15) is 29.1 Å². The monoisotopic (exact) mass is 557 g/mol. The summed E-state index contributed by atoms with van der Waals surface area (Å²) in [6.45, 7) is 1.83. The normalized spacial score (nSPS) is 13.2. The average Bonchev–Trinajstić information content (AvgIpc) is 3.46. The van der Waals surface area contributed by atoms with E-state index in [9.17, 15) is 36.3 Å². The topological polar surface area (TPSA) is 117 Å². The van der Waals surface area contributed by atoms with Crippen molar-refractivity contribution >= 4 is 34.2 Å². The third kappa shape index (κ3) is 5.07. The van der Waals surface area contributed by atoms with E-state index in [-0.39, 0.29) is 32.8 Å². The van der Waals surface area contributed by atoms with Gasteiger partial charge in [0, 0.05) is 31.1 Å². The second kappa shape index (κ2) is 9.41. The van der Waals surface area contributed by atoms with Crippen LogP contribution in [0.5, 0.6) is 0 Å². The Bertz CT molecular complexity index is 1660. The Kier molecular flexibility index (Phi) is 6.71. The summed E-state index contributed by atoms with van der Waals surface area (Å²) >= 11 is 1.12. The van der Waals surface area contributed by atoms with Crippen molar-refractivity contribution in [2.75, 3.05) is 5.32 Å². The Morgan fingerprint density at radius 1 is 1.18 bits per heavy atom. The Hall–Kier alpha value is -3.95. The van der Waals surface area contributed by atoms with Crippen LogP contribution in [-0.4, -0.2) is 40.7 Å². The van der Waals surface area contributed by atoms with Crippen LogP contribution in [0.1, 0.15) is 31.1 Å². The molecule has 0 aromatic carbocycles. The summed E-state index contributed by atoms with van der Waals surface area (Å²) in [5, 5.41) is 4.45. The third-order valence-electron chi connectivity index (χ3n) is 5.69. The lowest BCUT2D eigenvalue weighted by Gasteiger charge is -2.15. The van der Waals surface area contributed by atoms with Gasteiger partial charge in [-0.25, -0.2) is 19.3 Å². The zero-order valence-electron chi connectivity index (χ0n) is 20.3. The van der Waals surface area contributed by atoms with Crippen LogP contribution in [0.4, 0.5) is 27.8 Å². The number of aryl methyl sites for hydroxylation is 2. The van der Waals surface area contributed by atoms with Gasteiger partial charge in [-0.3, -0.25) is 19.1 Å². The number of aromatic nitrogens is 6. The summed E-state index contributed by atoms with van der Waals surface area (Å²) < 4.78 is 68.1. The van der Waals surface area contributed by atoms with Gasteiger partial charge >= 0.3 is 11.9 Å². The fraction of sp³-hybridized carbons (Fsp3) is 0.364. The lowest BCUT2D eigenvalue weighted by atomic mass is 10.1. The first-order valence-corrected chi connectivity index (χ1v) is 11.8. The fourth-order valence-electron chi connectivity index (χ4n) is 3.87. The number of hydrogen-bond donors (Lipinski definition) is 1. The maximum Gasteiger partial charge on any atom is 0.406 e. The number of alkyl halides is 5. The predicted molar refractivity (Wildman–Crippen MR) is 128 cm³/mol. The van der Waals surface area contributed by atoms with Crippen LogP contribution in [0.3, 0.4) is 0 Å². The molecule has 0 saturated carbocycles. The van der Waals surface area contributed by atoms with E-state index in [0.29, 0.717) is 10.6 Å². The van der Waals surface area contributed by atoms with Crippen molar-refractivity contribution in [2.24, 2.45) is 7.05 Å². The minimum atomic E-state index is -4.83. The molecule has 4 heterocycles. The molecule has 202 valence electrons. The van der Waals surface area contributed by atoms with Crippen LogP contribution in [-0.2, 0) is 24.3 Å². The first kappa shape index (κ1) is 27.1. The van der Waals surface area contributed by atoms with E-state index in [4.69, 9.17) is 0 Å². The Labute approximate surface area is 214 Å². The molecule has 4 aromatic heterocycles. The first-order chi connectivity index (χ1) is 17.6. The van der Waals surface area contributed by atoms with Gasteiger partial charge in [-0.2, -0.15) is 22.0 Å². The molecule has 0 bridgehead atoms. The zero-order valence-corrected chi connectivity index (χ0v) is 21.1. The van der Waals surface area contributed by atoms with Gasteiger partial charge in [0.25, 0.3) is 11.5 Å². The molecule has 0 aliphatic carbocycles. The van der Waals surface area contributed by atoms with Crippen LogP contribution < -0.4 is 16.6 Å². The molecule has 4 rings (SSSR count). The molecule has 0 aliphatic rings. The number of pyridine rings is 1. The lowest BCUT2D eigenvalue weighted by Crippen LogP contribution is -2.43. The Morgan fingerprint density at radius 3 is 2.47 bits per heavy atom. The van der Waals surface area contributed by atoms with E-state index in [0.717, 1.165) is 33.7 Å². The largest absolute Gasteiger partial charge is 0.406 e. The molecule has 38 heavy (non-hydrogen) atoms. The molecule has 0 unspecified atom stereocenters. The van der Waals surface area contributed by atoms with Crippen molar-refractivity contribution < 1.29 is 26.7 Å². The molecule has 0 saturated heterocycles. The lowest BCUT2D eigenvalue weighted by molar-refractivity contribution is -0.142. The molecule has 1 N–H and O–H groups in total. The second-order valence-electron chi connectivity index (χ2n) is 8.65. The summed E-state index contributed by atoms with van der Waals surface area (Å²) in [6.07, 6.45) is -2.49. The highest BCUT2D eigenvalue weighted by Crippen LogP contribution is 2.32. The summed E-state index contributed by atoms with van der Waals surface area (Å²) in [4.78, 5) is 50.1. The number of anilines is 1. The number of imidazole rings is 1. The number of thiazole rings is 1. The van der Waals surface area contributed by atoms with E-state index in [1.807, 2.05) is 0 Å². The minimum Gasteiger partial charge on any atom is -0.312 e. The van der Waals surface area contributed by atoms with Gasteiger partial charge in [-0.05, 0) is 25.5 Å². The van der Waals surface area contributed by atoms with Gasteiger partial charge in [-0.1, -0.05) is 0 Å². The molecule has 10 nitrogen and oxygen atoms in total. The smallest absolute Gasteiger partial charge is 0.312 e. The third-order valence-corrected chi connectivity index (χ3v) is 6.58. The fourth-order valence-corrected chi connectivity index (χ4v) is 4.61. The molecular formula is C22H20F5N7O3S. The molecule has 0 fully saturated rings. The standard InChI is InChI=1S/C22H20F5N7O3S/c1-10-5-12(6-28-15(10)21(3,23)24)18-31-13(7-38-18)30-17(35)11(2)34-9-29-16-14(34)19(36)33(8-22(25,26)27)20(37)32(16)4/h5-7,9,11H,8H2,1-4H3,(H,30,35)/t11-/m0/s1. The number of nitrogens with one attached hydrogen (secondary N) is 1. The molecule has 0 spiro atoms. The SMILES string of the molecule is Cc1cc(-c2nc(NC(=O)[C@H](C)n3cnc4c3c(=O)n(CC(F)(F)F)c(=O)n4C)cs2)cnc1C(C)(F)F. The number of carbonyl (C=O) groups excluding carboxylic acids is 1. The molecule has 1 amide bonds. The number of hydrogen-bond acceptors (Lipinski definition) is 7. The summed E-state index contributed by atoms with van der Waals surface area (Å²) in [5.41, 5.74) is -2.61.